The summed E-state index contributed by atoms with van der Waals surface area (Å²) in [5.74, 6) is -1.07. The number of rotatable bonds is 43. The number of carbonyl (C=O) groups excluding carboxylic acids is 2. The van der Waals surface area contributed by atoms with Gasteiger partial charge in [0.1, 0.15) is 31.5 Å². The maximum absolute atomic E-state index is 12.2. The highest BCUT2D eigenvalue weighted by Gasteiger charge is 2.28. The fourth-order valence-electron chi connectivity index (χ4n) is 5.21. The van der Waals surface area contributed by atoms with Gasteiger partial charge in [0.05, 0.1) is 26.4 Å². The van der Waals surface area contributed by atoms with Crippen LogP contribution in [0.2, 0.25) is 0 Å². The van der Waals surface area contributed by atoms with E-state index in [9.17, 15) is 43.8 Å². The minimum absolute atomic E-state index is 0.141. The molecule has 17 heteroatoms. The zero-order valence-corrected chi connectivity index (χ0v) is 41.1. The molecule has 376 valence electrons. The summed E-state index contributed by atoms with van der Waals surface area (Å²) in [5.41, 5.74) is 0. The van der Waals surface area contributed by atoms with Gasteiger partial charge in [-0.3, -0.25) is 27.7 Å². The third-order valence-corrected chi connectivity index (χ3v) is 10.7. The first kappa shape index (κ1) is 62.7. The molecule has 0 aromatic rings. The van der Waals surface area contributed by atoms with Crippen LogP contribution in [0.1, 0.15) is 129 Å². The lowest BCUT2D eigenvalue weighted by Crippen LogP contribution is -2.25. The van der Waals surface area contributed by atoms with E-state index in [4.69, 9.17) is 9.47 Å². The second-order valence-corrected chi connectivity index (χ2v) is 18.1. The summed E-state index contributed by atoms with van der Waals surface area (Å²) in [7, 11) is -9.61. The Morgan fingerprint density at radius 1 is 0.424 bits per heavy atom. The van der Waals surface area contributed by atoms with Crippen LogP contribution in [0.15, 0.2) is 109 Å². The number of esters is 2. The maximum Gasteiger partial charge on any atom is 0.472 e. The number of aliphatic hydroxyl groups is 3. The minimum atomic E-state index is -4.80. The number of carbonyl (C=O) groups is 2. The second kappa shape index (κ2) is 44.2. The summed E-state index contributed by atoms with van der Waals surface area (Å²) in [6, 6.07) is 0. The summed E-state index contributed by atoms with van der Waals surface area (Å²) in [6.07, 6.45) is 47.9. The first-order chi connectivity index (χ1) is 31.8. The van der Waals surface area contributed by atoms with Gasteiger partial charge in [0, 0.05) is 12.8 Å². The zero-order chi connectivity index (χ0) is 48.8. The molecule has 0 bridgehead atoms. The molecular formula is C49H80O15P2. The van der Waals surface area contributed by atoms with Crippen molar-refractivity contribution >= 4 is 27.6 Å². The lowest BCUT2D eigenvalue weighted by Gasteiger charge is -2.19. The van der Waals surface area contributed by atoms with E-state index in [-0.39, 0.29) is 12.8 Å². The quantitative estimate of drug-likeness (QED) is 0.0126. The Morgan fingerprint density at radius 2 is 0.758 bits per heavy atom. The average molecular weight is 971 g/mol. The molecule has 0 rings (SSSR count). The molecule has 0 aromatic heterocycles. The predicted molar refractivity (Wildman–Crippen MR) is 260 cm³/mol. The van der Waals surface area contributed by atoms with Crippen LogP contribution < -0.4 is 0 Å². The molecule has 0 aliphatic carbocycles. The van der Waals surface area contributed by atoms with E-state index in [1.54, 1.807) is 0 Å². The summed E-state index contributed by atoms with van der Waals surface area (Å²) in [4.78, 5) is 43.7. The molecule has 0 saturated carbocycles. The Morgan fingerprint density at radius 3 is 1.15 bits per heavy atom. The minimum Gasteiger partial charge on any atom is -0.463 e. The number of hydrogen-bond donors (Lipinski definition) is 5. The van der Waals surface area contributed by atoms with Crippen molar-refractivity contribution in [2.75, 3.05) is 39.6 Å². The monoisotopic (exact) mass is 970 g/mol. The largest absolute Gasteiger partial charge is 0.472 e. The molecule has 0 saturated heterocycles. The SMILES string of the molecule is CC/C=C/C=C/C=C\C=C/C=C/CCCCCC(=O)OCC(O)COP(=O)(O)OCC(O)COP(=O)(O)OCC(O)COC(=O)CCCCC/C=C\C/C=C\C/C=C\C/C=C\CCCCC. The Bertz CT molecular complexity index is 1600. The number of aliphatic hydroxyl groups excluding tert-OH is 3. The first-order valence-corrected chi connectivity index (χ1v) is 26.3. The summed E-state index contributed by atoms with van der Waals surface area (Å²) < 4.78 is 52.9. The van der Waals surface area contributed by atoms with Crippen molar-refractivity contribution in [3.05, 3.63) is 109 Å². The highest BCUT2D eigenvalue weighted by molar-refractivity contribution is 7.47. The van der Waals surface area contributed by atoms with Crippen molar-refractivity contribution in [2.45, 2.75) is 148 Å². The topological polar surface area (TPSA) is 225 Å². The second-order valence-electron chi connectivity index (χ2n) is 15.2. The molecule has 0 aliphatic rings. The Labute approximate surface area is 394 Å². The number of unbranched alkanes of at least 4 members (excludes halogenated alkanes) is 9. The number of allylic oxidation sites excluding steroid dienone is 18. The van der Waals surface area contributed by atoms with Crippen molar-refractivity contribution in [1.82, 2.24) is 0 Å². The summed E-state index contributed by atoms with van der Waals surface area (Å²) in [6.45, 7) is 0.114. The fourth-order valence-corrected chi connectivity index (χ4v) is 6.81. The van der Waals surface area contributed by atoms with E-state index in [0.29, 0.717) is 12.8 Å². The highest BCUT2D eigenvalue weighted by atomic mass is 31.2. The van der Waals surface area contributed by atoms with Crippen LogP contribution in [-0.4, -0.2) is 95.0 Å². The third kappa shape index (κ3) is 45.8. The Hall–Kier alpha value is -3.30. The molecule has 0 aliphatic heterocycles. The van der Waals surface area contributed by atoms with Crippen molar-refractivity contribution < 1.29 is 71.4 Å². The number of ether oxygens (including phenoxy) is 2. The molecule has 0 amide bonds. The van der Waals surface area contributed by atoms with Gasteiger partial charge in [-0.2, -0.15) is 0 Å². The van der Waals surface area contributed by atoms with Crippen LogP contribution in [0, 0.1) is 0 Å². The number of phosphoric acid groups is 2. The molecule has 0 aromatic carbocycles. The van der Waals surface area contributed by atoms with Crippen molar-refractivity contribution in [1.29, 1.82) is 0 Å². The third-order valence-electron chi connectivity index (χ3n) is 8.84. The van der Waals surface area contributed by atoms with E-state index in [1.165, 1.54) is 19.3 Å². The highest BCUT2D eigenvalue weighted by Crippen LogP contribution is 2.45. The van der Waals surface area contributed by atoms with Crippen LogP contribution in [0.5, 0.6) is 0 Å². The Balaban J connectivity index is 4.00. The van der Waals surface area contributed by atoms with Crippen LogP contribution in [0.4, 0.5) is 0 Å². The van der Waals surface area contributed by atoms with Crippen LogP contribution in [-0.2, 0) is 46.3 Å². The maximum atomic E-state index is 12.2. The fraction of sp³-hybridized carbons (Fsp3) is 0.592. The molecule has 66 heavy (non-hydrogen) atoms. The van der Waals surface area contributed by atoms with Gasteiger partial charge in [-0.15, -0.1) is 0 Å². The van der Waals surface area contributed by atoms with Crippen LogP contribution in [0.3, 0.4) is 0 Å². The molecule has 0 radical (unpaired) electrons. The molecular weight excluding hydrogens is 890 g/mol. The van der Waals surface area contributed by atoms with Gasteiger partial charge in [-0.05, 0) is 77.0 Å². The van der Waals surface area contributed by atoms with E-state index < -0.39 is 85.5 Å². The van der Waals surface area contributed by atoms with Gasteiger partial charge in [-0.25, -0.2) is 9.13 Å². The molecule has 0 fully saturated rings. The normalized spacial score (nSPS) is 16.0. The average Bonchev–Trinajstić information content (AvgIpc) is 3.29. The summed E-state index contributed by atoms with van der Waals surface area (Å²) >= 11 is 0. The molecule has 5 unspecified atom stereocenters. The number of phosphoric ester groups is 2. The smallest absolute Gasteiger partial charge is 0.463 e. The lowest BCUT2D eigenvalue weighted by molar-refractivity contribution is -0.148. The number of hydrogen-bond acceptors (Lipinski definition) is 13. The van der Waals surface area contributed by atoms with Crippen molar-refractivity contribution in [3.63, 3.8) is 0 Å². The van der Waals surface area contributed by atoms with Gasteiger partial charge >= 0.3 is 27.6 Å². The zero-order valence-electron chi connectivity index (χ0n) is 39.3. The molecule has 0 spiro atoms. The molecule has 5 N–H and O–H groups in total. The molecule has 0 heterocycles. The van der Waals surface area contributed by atoms with E-state index in [1.807, 2.05) is 54.7 Å². The lowest BCUT2D eigenvalue weighted by atomic mass is 10.1. The van der Waals surface area contributed by atoms with Gasteiger partial charge in [0.15, 0.2) is 0 Å². The van der Waals surface area contributed by atoms with E-state index in [2.05, 4.69) is 86.6 Å². The molecule has 15 nitrogen and oxygen atoms in total. The van der Waals surface area contributed by atoms with E-state index >= 15 is 0 Å². The molecule has 5 atom stereocenters. The van der Waals surface area contributed by atoms with Gasteiger partial charge in [0.2, 0.25) is 0 Å². The Kier molecular flexibility index (Phi) is 42.0. The standard InChI is InChI=1S/C49H80O15P2/c1-3-5-7-9-11-13-15-17-19-20-21-22-24-26-28-30-32-34-36-38-49(54)60-40-46(51)42-62-66(57,58)64-44-47(52)43-63-65(55,56)61-41-45(50)39-59-48(53)37-35-33-31-29-27-25-23-18-16-14-12-10-8-6-4-2/h6,8,10-14,16-19,21-23,25-28,45-47,50-52H,3-5,7,9,15,20,24,29-44H2,1-2H3,(H,55,56)(H,57,58)/b8-6+,12-10+,13-11-,16-14-,19-17-,22-21-,23-18-,27-25+,28-26-. The van der Waals surface area contributed by atoms with Crippen molar-refractivity contribution in [3.8, 4) is 0 Å². The van der Waals surface area contributed by atoms with Gasteiger partial charge in [-0.1, -0.05) is 149 Å². The van der Waals surface area contributed by atoms with Gasteiger partial charge in [0.25, 0.3) is 0 Å². The van der Waals surface area contributed by atoms with Crippen molar-refractivity contribution in [2.24, 2.45) is 0 Å². The van der Waals surface area contributed by atoms with Gasteiger partial charge < -0.3 is 34.6 Å². The van der Waals surface area contributed by atoms with E-state index in [0.717, 1.165) is 70.6 Å². The van der Waals surface area contributed by atoms with Crippen LogP contribution in [0.25, 0.3) is 0 Å². The summed E-state index contributed by atoms with van der Waals surface area (Å²) in [5, 5.41) is 30.0. The van der Waals surface area contributed by atoms with Crippen LogP contribution >= 0.6 is 15.6 Å². The predicted octanol–water partition coefficient (Wildman–Crippen LogP) is 10.5. The first-order valence-electron chi connectivity index (χ1n) is 23.3.